The summed E-state index contributed by atoms with van der Waals surface area (Å²) < 4.78 is 28.2. The molecule has 3 aromatic rings. The Morgan fingerprint density at radius 1 is 0.973 bits per heavy atom. The average Bonchev–Trinajstić information content (AvgIpc) is 3.29. The SMILES string of the molecule is CCCCN(C)S(=O)(=O)c1ccc(C(=O)N(CCN(CC)CC)c2nc3c(C)cc(C)cc3s2)cc1.Cl. The van der Waals surface area contributed by atoms with Gasteiger partial charge in [0.15, 0.2) is 5.13 Å². The monoisotopic (exact) mass is 566 g/mol. The molecule has 0 aliphatic heterocycles. The van der Waals surface area contributed by atoms with Gasteiger partial charge in [0.25, 0.3) is 5.91 Å². The first-order valence-electron chi connectivity index (χ1n) is 12.6. The van der Waals surface area contributed by atoms with Gasteiger partial charge in [0, 0.05) is 32.2 Å². The predicted octanol–water partition coefficient (Wildman–Crippen LogP) is 5.74. The second-order valence-electron chi connectivity index (χ2n) is 9.11. The molecule has 0 spiro atoms. The number of halogens is 1. The highest BCUT2D eigenvalue weighted by molar-refractivity contribution is 7.89. The minimum Gasteiger partial charge on any atom is -0.302 e. The Balaban J connectivity index is 0.00000481. The number of carbonyl (C=O) groups is 1. The molecular formula is C27H39ClN4O3S2. The zero-order valence-electron chi connectivity index (χ0n) is 22.7. The number of hydrogen-bond donors (Lipinski definition) is 0. The highest BCUT2D eigenvalue weighted by Gasteiger charge is 2.24. The van der Waals surface area contributed by atoms with Crippen molar-refractivity contribution in [1.29, 1.82) is 0 Å². The van der Waals surface area contributed by atoms with Gasteiger partial charge in [0.1, 0.15) is 0 Å². The normalized spacial score (nSPS) is 11.8. The van der Waals surface area contributed by atoms with E-state index in [9.17, 15) is 13.2 Å². The summed E-state index contributed by atoms with van der Waals surface area (Å²) in [6, 6.07) is 10.5. The number of anilines is 1. The van der Waals surface area contributed by atoms with Gasteiger partial charge in [-0.05, 0) is 74.8 Å². The van der Waals surface area contributed by atoms with Crippen molar-refractivity contribution in [3.8, 4) is 0 Å². The van der Waals surface area contributed by atoms with Crippen LogP contribution in [-0.2, 0) is 10.0 Å². The Kier molecular flexibility index (Phi) is 11.5. The third-order valence-electron chi connectivity index (χ3n) is 6.46. The smallest absolute Gasteiger partial charge is 0.260 e. The van der Waals surface area contributed by atoms with Crippen LogP contribution in [0.25, 0.3) is 10.2 Å². The third-order valence-corrected chi connectivity index (χ3v) is 9.36. The van der Waals surface area contributed by atoms with E-state index < -0.39 is 10.0 Å². The maximum Gasteiger partial charge on any atom is 0.260 e. The van der Waals surface area contributed by atoms with Gasteiger partial charge in [-0.25, -0.2) is 17.7 Å². The van der Waals surface area contributed by atoms with E-state index in [0.29, 0.717) is 23.8 Å². The highest BCUT2D eigenvalue weighted by atomic mass is 35.5. The van der Waals surface area contributed by atoms with Crippen molar-refractivity contribution < 1.29 is 13.2 Å². The fraction of sp³-hybridized carbons (Fsp3) is 0.481. The molecule has 0 saturated carbocycles. The van der Waals surface area contributed by atoms with Crippen molar-refractivity contribution in [3.63, 3.8) is 0 Å². The molecule has 37 heavy (non-hydrogen) atoms. The van der Waals surface area contributed by atoms with Gasteiger partial charge in [0.05, 0.1) is 15.1 Å². The molecule has 204 valence electrons. The molecule has 0 N–H and O–H groups in total. The average molecular weight is 567 g/mol. The van der Waals surface area contributed by atoms with E-state index in [4.69, 9.17) is 4.98 Å². The van der Waals surface area contributed by atoms with Crippen LogP contribution in [0.4, 0.5) is 5.13 Å². The van der Waals surface area contributed by atoms with E-state index in [1.54, 1.807) is 24.1 Å². The summed E-state index contributed by atoms with van der Waals surface area (Å²) in [5.41, 5.74) is 3.61. The van der Waals surface area contributed by atoms with Crippen molar-refractivity contribution in [3.05, 3.63) is 53.1 Å². The van der Waals surface area contributed by atoms with Crippen LogP contribution in [0.1, 0.15) is 55.1 Å². The number of sulfonamides is 1. The lowest BCUT2D eigenvalue weighted by Crippen LogP contribution is -2.38. The predicted molar refractivity (Wildman–Crippen MR) is 157 cm³/mol. The molecule has 0 atom stereocenters. The van der Waals surface area contributed by atoms with E-state index in [1.165, 1.54) is 27.8 Å². The van der Waals surface area contributed by atoms with E-state index in [0.717, 1.165) is 53.8 Å². The van der Waals surface area contributed by atoms with Crippen LogP contribution in [0, 0.1) is 13.8 Å². The summed E-state index contributed by atoms with van der Waals surface area (Å²) in [6.07, 6.45) is 1.72. The topological polar surface area (TPSA) is 73.8 Å². The third kappa shape index (κ3) is 7.29. The standard InChI is InChI=1S/C27H38N4O3S2.ClH/c1-7-10-15-29(6)36(33,34)23-13-11-22(12-14-23)26(32)31(17-16-30(8-2)9-3)27-28-25-21(5)18-20(4)19-24(25)35-27;/h11-14,18-19H,7-10,15-17H2,1-6H3;1H. The van der Waals surface area contributed by atoms with E-state index in [1.807, 2.05) is 13.8 Å². The van der Waals surface area contributed by atoms with Crippen LogP contribution in [0.15, 0.2) is 41.3 Å². The van der Waals surface area contributed by atoms with Gasteiger partial charge in [-0.15, -0.1) is 12.4 Å². The first-order chi connectivity index (χ1) is 17.1. The van der Waals surface area contributed by atoms with Gasteiger partial charge < -0.3 is 4.90 Å². The first-order valence-corrected chi connectivity index (χ1v) is 14.9. The second-order valence-corrected chi connectivity index (χ2v) is 12.2. The van der Waals surface area contributed by atoms with Crippen molar-refractivity contribution in [2.45, 2.75) is 52.4 Å². The molecule has 0 saturated heterocycles. The van der Waals surface area contributed by atoms with Gasteiger partial charge in [-0.1, -0.05) is 44.6 Å². The second kappa shape index (κ2) is 13.7. The van der Waals surface area contributed by atoms with Gasteiger partial charge in [0.2, 0.25) is 10.0 Å². The molecule has 3 rings (SSSR count). The molecule has 7 nitrogen and oxygen atoms in total. The minimum absolute atomic E-state index is 0. The molecule has 1 amide bonds. The molecular weight excluding hydrogens is 528 g/mol. The number of carbonyl (C=O) groups excluding carboxylic acids is 1. The van der Waals surface area contributed by atoms with Crippen LogP contribution in [0.2, 0.25) is 0 Å². The Morgan fingerprint density at radius 3 is 2.22 bits per heavy atom. The minimum atomic E-state index is -3.59. The van der Waals surface area contributed by atoms with Crippen LogP contribution in [0.3, 0.4) is 0 Å². The Morgan fingerprint density at radius 2 is 1.62 bits per heavy atom. The van der Waals surface area contributed by atoms with Crippen LogP contribution in [-0.4, -0.2) is 68.3 Å². The van der Waals surface area contributed by atoms with Crippen LogP contribution in [0.5, 0.6) is 0 Å². The van der Waals surface area contributed by atoms with Crippen LogP contribution < -0.4 is 4.90 Å². The molecule has 0 unspecified atom stereocenters. The number of nitrogens with zero attached hydrogens (tertiary/aromatic N) is 4. The summed E-state index contributed by atoms with van der Waals surface area (Å²) in [7, 11) is -2.00. The number of thiazole rings is 1. The van der Waals surface area contributed by atoms with Crippen molar-refractivity contribution in [2.75, 3.05) is 44.7 Å². The van der Waals surface area contributed by atoms with Crippen LogP contribution >= 0.6 is 23.7 Å². The summed E-state index contributed by atoms with van der Waals surface area (Å²) in [5.74, 6) is -0.182. The molecule has 10 heteroatoms. The molecule has 1 heterocycles. The molecule has 2 aromatic carbocycles. The Labute approximate surface area is 231 Å². The van der Waals surface area contributed by atoms with Gasteiger partial charge in [-0.2, -0.15) is 0 Å². The lowest BCUT2D eigenvalue weighted by Gasteiger charge is -2.25. The molecule has 0 fully saturated rings. The highest BCUT2D eigenvalue weighted by Crippen LogP contribution is 2.32. The van der Waals surface area contributed by atoms with E-state index in [2.05, 4.69) is 37.8 Å². The van der Waals surface area contributed by atoms with Crippen molar-refractivity contribution >= 4 is 55.0 Å². The lowest BCUT2D eigenvalue weighted by molar-refractivity contribution is 0.0983. The zero-order chi connectivity index (χ0) is 26.5. The quantitative estimate of drug-likeness (QED) is 0.279. The van der Waals surface area contributed by atoms with Gasteiger partial charge >= 0.3 is 0 Å². The Bertz CT molecular complexity index is 1290. The molecule has 1 aromatic heterocycles. The number of unbranched alkanes of at least 4 members (excludes halogenated alkanes) is 1. The van der Waals surface area contributed by atoms with Gasteiger partial charge in [-0.3, -0.25) is 9.69 Å². The number of rotatable bonds is 12. The summed E-state index contributed by atoms with van der Waals surface area (Å²) in [6.45, 7) is 13.8. The fourth-order valence-electron chi connectivity index (χ4n) is 4.15. The summed E-state index contributed by atoms with van der Waals surface area (Å²) in [5, 5.41) is 0.659. The maximum absolute atomic E-state index is 13.7. The number of amides is 1. The maximum atomic E-state index is 13.7. The fourth-order valence-corrected chi connectivity index (χ4v) is 6.52. The van der Waals surface area contributed by atoms with Crippen molar-refractivity contribution in [2.24, 2.45) is 0 Å². The number of benzene rings is 2. The molecule has 0 aliphatic rings. The largest absolute Gasteiger partial charge is 0.302 e. The van der Waals surface area contributed by atoms with Crippen molar-refractivity contribution in [1.82, 2.24) is 14.2 Å². The zero-order valence-corrected chi connectivity index (χ0v) is 25.1. The number of likely N-dealkylation sites (N-methyl/N-ethyl adjacent to an activating group) is 1. The van der Waals surface area contributed by atoms with E-state index in [-0.39, 0.29) is 23.2 Å². The number of fused-ring (bicyclic) bond motifs is 1. The Hall–Kier alpha value is -2.04. The number of hydrogen-bond acceptors (Lipinski definition) is 6. The van der Waals surface area contributed by atoms with E-state index >= 15 is 0 Å². The molecule has 0 aliphatic carbocycles. The first kappa shape index (κ1) is 31.2. The summed E-state index contributed by atoms with van der Waals surface area (Å²) in [4.78, 5) is 22.7. The lowest BCUT2D eigenvalue weighted by atomic mass is 10.1. The number of aromatic nitrogens is 1. The molecule has 0 bridgehead atoms. The molecule has 0 radical (unpaired) electrons. The number of aryl methyl sites for hydroxylation is 2. The summed E-state index contributed by atoms with van der Waals surface area (Å²) >= 11 is 1.52.